The van der Waals surface area contributed by atoms with Gasteiger partial charge in [-0.2, -0.15) is 0 Å². The van der Waals surface area contributed by atoms with Crippen molar-refractivity contribution in [3.63, 3.8) is 0 Å². The number of nitrogens with one attached hydrogen (secondary N) is 1. The summed E-state index contributed by atoms with van der Waals surface area (Å²) in [5, 5.41) is 3.35. The molecule has 0 fully saturated rings. The maximum Gasteiger partial charge on any atom is 0.219 e. The van der Waals surface area contributed by atoms with Crippen LogP contribution < -0.4 is 10.1 Å². The Morgan fingerprint density at radius 3 is 2.70 bits per heavy atom. The van der Waals surface area contributed by atoms with Crippen molar-refractivity contribution in [2.24, 2.45) is 0 Å². The van der Waals surface area contributed by atoms with Crippen LogP contribution in [0.2, 0.25) is 0 Å². The van der Waals surface area contributed by atoms with Gasteiger partial charge in [-0.25, -0.2) is 4.98 Å². The SMILES string of the molecule is CCCNCc1ccc(Oc2cccc(CC)c2)nc1. The van der Waals surface area contributed by atoms with Gasteiger partial charge in [0.05, 0.1) is 0 Å². The van der Waals surface area contributed by atoms with E-state index in [2.05, 4.69) is 42.3 Å². The highest BCUT2D eigenvalue weighted by atomic mass is 16.5. The van der Waals surface area contributed by atoms with Gasteiger partial charge in [0, 0.05) is 18.8 Å². The van der Waals surface area contributed by atoms with E-state index >= 15 is 0 Å². The quantitative estimate of drug-likeness (QED) is 0.774. The molecule has 0 unspecified atom stereocenters. The van der Waals surface area contributed by atoms with Gasteiger partial charge >= 0.3 is 0 Å². The fourth-order valence-electron chi connectivity index (χ4n) is 1.94. The molecule has 0 radical (unpaired) electrons. The van der Waals surface area contributed by atoms with E-state index in [0.29, 0.717) is 5.88 Å². The van der Waals surface area contributed by atoms with Crippen LogP contribution in [0.1, 0.15) is 31.4 Å². The van der Waals surface area contributed by atoms with Crippen LogP contribution in [-0.4, -0.2) is 11.5 Å². The second kappa shape index (κ2) is 7.65. The Bertz CT molecular complexity index is 523. The van der Waals surface area contributed by atoms with Crippen LogP contribution in [0.4, 0.5) is 0 Å². The van der Waals surface area contributed by atoms with Crippen LogP contribution in [0.3, 0.4) is 0 Å². The predicted molar refractivity (Wildman–Crippen MR) is 82.1 cm³/mol. The minimum atomic E-state index is 0.637. The van der Waals surface area contributed by atoms with E-state index in [9.17, 15) is 0 Å². The summed E-state index contributed by atoms with van der Waals surface area (Å²) in [4.78, 5) is 4.35. The van der Waals surface area contributed by atoms with Gasteiger partial charge in [0.15, 0.2) is 0 Å². The summed E-state index contributed by atoms with van der Waals surface area (Å²) in [6, 6.07) is 12.1. The van der Waals surface area contributed by atoms with E-state index in [-0.39, 0.29) is 0 Å². The Labute approximate surface area is 121 Å². The number of hydrogen-bond donors (Lipinski definition) is 1. The molecule has 2 aromatic rings. The molecule has 0 aliphatic carbocycles. The molecule has 0 aliphatic heterocycles. The van der Waals surface area contributed by atoms with Gasteiger partial charge in [0.25, 0.3) is 0 Å². The van der Waals surface area contributed by atoms with Gasteiger partial charge in [0.1, 0.15) is 5.75 Å². The van der Waals surface area contributed by atoms with Gasteiger partial charge in [0.2, 0.25) is 5.88 Å². The zero-order chi connectivity index (χ0) is 14.2. The number of pyridine rings is 1. The number of aromatic nitrogens is 1. The van der Waals surface area contributed by atoms with E-state index in [4.69, 9.17) is 4.74 Å². The molecule has 1 aromatic heterocycles. The first-order valence-electron chi connectivity index (χ1n) is 7.24. The van der Waals surface area contributed by atoms with Crippen LogP contribution in [0.25, 0.3) is 0 Å². The second-order valence-electron chi connectivity index (χ2n) is 4.78. The summed E-state index contributed by atoms with van der Waals surface area (Å²) < 4.78 is 5.77. The molecule has 1 heterocycles. The molecule has 0 bridgehead atoms. The minimum absolute atomic E-state index is 0.637. The van der Waals surface area contributed by atoms with E-state index in [1.54, 1.807) is 0 Å². The molecule has 0 saturated heterocycles. The highest BCUT2D eigenvalue weighted by Crippen LogP contribution is 2.20. The molecule has 0 saturated carbocycles. The highest BCUT2D eigenvalue weighted by molar-refractivity contribution is 5.32. The molecule has 0 atom stereocenters. The Morgan fingerprint density at radius 2 is 2.00 bits per heavy atom. The second-order valence-corrected chi connectivity index (χ2v) is 4.78. The van der Waals surface area contributed by atoms with Crippen molar-refractivity contribution in [1.29, 1.82) is 0 Å². The summed E-state index contributed by atoms with van der Waals surface area (Å²) in [6.07, 6.45) is 4.01. The normalized spacial score (nSPS) is 10.5. The zero-order valence-electron chi connectivity index (χ0n) is 12.2. The van der Waals surface area contributed by atoms with Gasteiger partial charge in [-0.1, -0.05) is 32.0 Å². The maximum absolute atomic E-state index is 5.77. The predicted octanol–water partition coefficient (Wildman–Crippen LogP) is 3.94. The molecule has 20 heavy (non-hydrogen) atoms. The van der Waals surface area contributed by atoms with E-state index in [1.165, 1.54) is 11.1 Å². The minimum Gasteiger partial charge on any atom is -0.439 e. The van der Waals surface area contributed by atoms with Crippen LogP contribution in [0.15, 0.2) is 42.6 Å². The average molecular weight is 270 g/mol. The lowest BCUT2D eigenvalue weighted by Crippen LogP contribution is -2.13. The Morgan fingerprint density at radius 1 is 1.10 bits per heavy atom. The highest BCUT2D eigenvalue weighted by Gasteiger charge is 2.00. The zero-order valence-corrected chi connectivity index (χ0v) is 12.2. The third-order valence-corrected chi connectivity index (χ3v) is 3.08. The third-order valence-electron chi connectivity index (χ3n) is 3.08. The van der Waals surface area contributed by atoms with Crippen molar-refractivity contribution in [3.05, 3.63) is 53.7 Å². The van der Waals surface area contributed by atoms with E-state index in [1.807, 2.05) is 24.4 Å². The fourth-order valence-corrected chi connectivity index (χ4v) is 1.94. The largest absolute Gasteiger partial charge is 0.439 e. The van der Waals surface area contributed by atoms with Crippen molar-refractivity contribution in [3.8, 4) is 11.6 Å². The molecule has 3 nitrogen and oxygen atoms in total. The molecule has 0 spiro atoms. The molecular formula is C17H22N2O. The molecule has 2 rings (SSSR count). The molecule has 1 aromatic carbocycles. The Hall–Kier alpha value is -1.87. The lowest BCUT2D eigenvalue weighted by Gasteiger charge is -2.07. The topological polar surface area (TPSA) is 34.1 Å². The van der Waals surface area contributed by atoms with Gasteiger partial charge in [-0.3, -0.25) is 0 Å². The van der Waals surface area contributed by atoms with Crippen LogP contribution in [-0.2, 0) is 13.0 Å². The average Bonchev–Trinajstić information content (AvgIpc) is 2.49. The van der Waals surface area contributed by atoms with E-state index in [0.717, 1.165) is 31.7 Å². The van der Waals surface area contributed by atoms with Crippen molar-refractivity contribution in [2.75, 3.05) is 6.54 Å². The Balaban J connectivity index is 1.95. The van der Waals surface area contributed by atoms with Crippen molar-refractivity contribution in [2.45, 2.75) is 33.2 Å². The number of hydrogen-bond acceptors (Lipinski definition) is 3. The van der Waals surface area contributed by atoms with Crippen molar-refractivity contribution >= 4 is 0 Å². The number of nitrogens with zero attached hydrogens (tertiary/aromatic N) is 1. The van der Waals surface area contributed by atoms with E-state index < -0.39 is 0 Å². The molecule has 3 heteroatoms. The van der Waals surface area contributed by atoms with Gasteiger partial charge in [-0.15, -0.1) is 0 Å². The van der Waals surface area contributed by atoms with Crippen molar-refractivity contribution < 1.29 is 4.74 Å². The summed E-state index contributed by atoms with van der Waals surface area (Å²) in [5.41, 5.74) is 2.44. The number of ether oxygens (including phenoxy) is 1. The molecule has 106 valence electrons. The fraction of sp³-hybridized carbons (Fsp3) is 0.353. The first kappa shape index (κ1) is 14.5. The molecule has 0 aliphatic rings. The standard InChI is InChI=1S/C17H22N2O/c1-3-10-18-12-15-8-9-17(19-13-15)20-16-7-5-6-14(4-2)11-16/h5-9,11,13,18H,3-4,10,12H2,1-2H3. The first-order chi connectivity index (χ1) is 9.81. The summed E-state index contributed by atoms with van der Waals surface area (Å²) >= 11 is 0. The van der Waals surface area contributed by atoms with Gasteiger partial charge < -0.3 is 10.1 Å². The number of benzene rings is 1. The Kier molecular flexibility index (Phi) is 5.56. The van der Waals surface area contributed by atoms with Gasteiger partial charge in [-0.05, 0) is 42.6 Å². The monoisotopic (exact) mass is 270 g/mol. The van der Waals surface area contributed by atoms with Crippen LogP contribution in [0.5, 0.6) is 11.6 Å². The molecule has 0 amide bonds. The lowest BCUT2D eigenvalue weighted by atomic mass is 10.2. The van der Waals surface area contributed by atoms with Crippen LogP contribution in [0, 0.1) is 0 Å². The first-order valence-corrected chi connectivity index (χ1v) is 7.24. The summed E-state index contributed by atoms with van der Waals surface area (Å²) in [7, 11) is 0. The van der Waals surface area contributed by atoms with Crippen LogP contribution >= 0.6 is 0 Å². The summed E-state index contributed by atoms with van der Waals surface area (Å²) in [5.74, 6) is 1.48. The number of aryl methyl sites for hydroxylation is 1. The smallest absolute Gasteiger partial charge is 0.219 e. The maximum atomic E-state index is 5.77. The number of rotatable bonds is 7. The van der Waals surface area contributed by atoms with Crippen molar-refractivity contribution in [1.82, 2.24) is 10.3 Å². The summed E-state index contributed by atoms with van der Waals surface area (Å²) in [6.45, 7) is 6.18. The third kappa shape index (κ3) is 4.35. The molecule has 1 N–H and O–H groups in total. The lowest BCUT2D eigenvalue weighted by molar-refractivity contribution is 0.461. The molecular weight excluding hydrogens is 248 g/mol.